The number of likely N-dealkylation sites (N-methyl/N-ethyl adjacent to an activating group) is 1. The van der Waals surface area contributed by atoms with Crippen molar-refractivity contribution < 1.29 is 9.90 Å². The van der Waals surface area contributed by atoms with Gasteiger partial charge in [0.15, 0.2) is 0 Å². The zero-order valence-electron chi connectivity index (χ0n) is 8.36. The van der Waals surface area contributed by atoms with Gasteiger partial charge in [-0.1, -0.05) is 0 Å². The molecule has 0 fully saturated rings. The summed E-state index contributed by atoms with van der Waals surface area (Å²) in [6.45, 7) is 1.49. The van der Waals surface area contributed by atoms with Crippen molar-refractivity contribution in [1.29, 1.82) is 0 Å². The third kappa shape index (κ3) is 4.09. The van der Waals surface area contributed by atoms with Crippen LogP contribution in [0.5, 0.6) is 0 Å². The predicted molar refractivity (Wildman–Crippen MR) is 54.2 cm³/mol. The van der Waals surface area contributed by atoms with Crippen molar-refractivity contribution in [3.8, 4) is 0 Å². The summed E-state index contributed by atoms with van der Waals surface area (Å²) in [5.41, 5.74) is 1.19. The maximum atomic E-state index is 10.3. The van der Waals surface area contributed by atoms with Gasteiger partial charge in [0, 0.05) is 31.4 Å². The van der Waals surface area contributed by atoms with Crippen LogP contribution in [-0.2, 0) is 11.2 Å². The number of nitrogens with one attached hydrogen (secondary N) is 1. The van der Waals surface area contributed by atoms with Gasteiger partial charge in [0.2, 0.25) is 0 Å². The first-order valence-corrected chi connectivity index (χ1v) is 4.71. The summed E-state index contributed by atoms with van der Waals surface area (Å²) in [4.78, 5) is 15.4. The number of H-pyrrole nitrogens is 1. The minimum absolute atomic E-state index is 0.210. The molecule has 1 heterocycles. The minimum atomic E-state index is -0.739. The number of carboxylic acids is 1. The van der Waals surface area contributed by atoms with Gasteiger partial charge in [-0.15, -0.1) is 0 Å². The van der Waals surface area contributed by atoms with Gasteiger partial charge in [0.05, 0.1) is 6.42 Å². The van der Waals surface area contributed by atoms with E-state index in [1.165, 1.54) is 5.69 Å². The zero-order chi connectivity index (χ0) is 10.4. The molecule has 0 aliphatic heterocycles. The standard InChI is InChI=1S/C10H16N2O2/c1-12(8-5-10(13)14)7-4-9-3-2-6-11-9/h2-3,6,11H,4-5,7-8H2,1H3,(H,13,14). The molecule has 0 aliphatic carbocycles. The van der Waals surface area contributed by atoms with Crippen molar-refractivity contribution in [3.05, 3.63) is 24.0 Å². The van der Waals surface area contributed by atoms with E-state index in [1.807, 2.05) is 30.3 Å². The molecule has 0 amide bonds. The molecule has 0 spiro atoms. The molecule has 1 rings (SSSR count). The molecule has 0 atom stereocenters. The van der Waals surface area contributed by atoms with E-state index in [1.54, 1.807) is 0 Å². The Bertz CT molecular complexity index is 270. The van der Waals surface area contributed by atoms with Gasteiger partial charge >= 0.3 is 5.97 Å². The van der Waals surface area contributed by atoms with Crippen molar-refractivity contribution >= 4 is 5.97 Å². The van der Waals surface area contributed by atoms with Crippen LogP contribution >= 0.6 is 0 Å². The van der Waals surface area contributed by atoms with Crippen molar-refractivity contribution in [2.45, 2.75) is 12.8 Å². The molecule has 14 heavy (non-hydrogen) atoms. The predicted octanol–water partition coefficient (Wildman–Crippen LogP) is 0.964. The second-order valence-electron chi connectivity index (χ2n) is 3.39. The molecule has 4 heteroatoms. The first-order chi connectivity index (χ1) is 6.68. The molecule has 0 radical (unpaired) electrons. The molecule has 2 N–H and O–H groups in total. The Morgan fingerprint density at radius 2 is 2.36 bits per heavy atom. The normalized spacial score (nSPS) is 10.7. The molecule has 0 bridgehead atoms. The van der Waals surface area contributed by atoms with Crippen LogP contribution in [0.3, 0.4) is 0 Å². The average Bonchev–Trinajstić information content (AvgIpc) is 2.63. The third-order valence-electron chi connectivity index (χ3n) is 2.13. The van der Waals surface area contributed by atoms with Gasteiger partial charge in [-0.25, -0.2) is 0 Å². The highest BCUT2D eigenvalue weighted by atomic mass is 16.4. The van der Waals surface area contributed by atoms with Crippen LogP contribution in [-0.4, -0.2) is 41.1 Å². The first kappa shape index (κ1) is 10.8. The summed E-state index contributed by atoms with van der Waals surface area (Å²) >= 11 is 0. The number of carbonyl (C=O) groups is 1. The van der Waals surface area contributed by atoms with Gasteiger partial charge in [-0.3, -0.25) is 4.79 Å². The van der Waals surface area contributed by atoms with Gasteiger partial charge in [0.25, 0.3) is 0 Å². The molecule has 1 aromatic rings. The van der Waals surface area contributed by atoms with E-state index >= 15 is 0 Å². The molecular formula is C10H16N2O2. The van der Waals surface area contributed by atoms with Gasteiger partial charge < -0.3 is 15.0 Å². The summed E-state index contributed by atoms with van der Waals surface area (Å²) in [6.07, 6.45) is 3.04. The second-order valence-corrected chi connectivity index (χ2v) is 3.39. The average molecular weight is 196 g/mol. The lowest BCUT2D eigenvalue weighted by Crippen LogP contribution is -2.24. The van der Waals surface area contributed by atoms with Crippen LogP contribution in [0.15, 0.2) is 18.3 Å². The van der Waals surface area contributed by atoms with Gasteiger partial charge in [0.1, 0.15) is 0 Å². The zero-order valence-corrected chi connectivity index (χ0v) is 8.36. The molecule has 0 unspecified atom stereocenters. The topological polar surface area (TPSA) is 56.3 Å². The maximum Gasteiger partial charge on any atom is 0.304 e. The lowest BCUT2D eigenvalue weighted by molar-refractivity contribution is -0.137. The van der Waals surface area contributed by atoms with Crippen LogP contribution < -0.4 is 0 Å². The van der Waals surface area contributed by atoms with E-state index in [9.17, 15) is 4.79 Å². The fourth-order valence-corrected chi connectivity index (χ4v) is 1.23. The van der Waals surface area contributed by atoms with Crippen LogP contribution in [0.2, 0.25) is 0 Å². The second kappa shape index (κ2) is 5.44. The highest BCUT2D eigenvalue weighted by Gasteiger charge is 2.02. The maximum absolute atomic E-state index is 10.3. The molecule has 0 aliphatic rings. The van der Waals surface area contributed by atoms with Crippen LogP contribution in [0.4, 0.5) is 0 Å². The van der Waals surface area contributed by atoms with E-state index in [0.717, 1.165) is 13.0 Å². The van der Waals surface area contributed by atoms with Crippen molar-refractivity contribution in [2.75, 3.05) is 20.1 Å². The lowest BCUT2D eigenvalue weighted by Gasteiger charge is -2.14. The van der Waals surface area contributed by atoms with E-state index in [-0.39, 0.29) is 6.42 Å². The van der Waals surface area contributed by atoms with Gasteiger partial charge in [-0.2, -0.15) is 0 Å². The molecule has 0 saturated heterocycles. The number of hydrogen-bond acceptors (Lipinski definition) is 2. The molecular weight excluding hydrogens is 180 g/mol. The number of rotatable bonds is 6. The molecule has 0 aromatic carbocycles. The van der Waals surface area contributed by atoms with Crippen LogP contribution in [0, 0.1) is 0 Å². The monoisotopic (exact) mass is 196 g/mol. The number of aromatic nitrogens is 1. The van der Waals surface area contributed by atoms with E-state index in [4.69, 9.17) is 5.11 Å². The summed E-state index contributed by atoms with van der Waals surface area (Å²) in [6, 6.07) is 4.00. The molecule has 0 saturated carbocycles. The Morgan fingerprint density at radius 3 is 2.93 bits per heavy atom. The smallest absolute Gasteiger partial charge is 0.304 e. The SMILES string of the molecule is CN(CCC(=O)O)CCc1ccc[nH]1. The summed E-state index contributed by atoms with van der Waals surface area (Å²) < 4.78 is 0. The number of aromatic amines is 1. The number of hydrogen-bond donors (Lipinski definition) is 2. The van der Waals surface area contributed by atoms with Crippen molar-refractivity contribution in [1.82, 2.24) is 9.88 Å². The van der Waals surface area contributed by atoms with Crippen molar-refractivity contribution in [2.24, 2.45) is 0 Å². The van der Waals surface area contributed by atoms with E-state index < -0.39 is 5.97 Å². The number of carboxylic acid groups (broad SMARTS) is 1. The first-order valence-electron chi connectivity index (χ1n) is 4.71. The quantitative estimate of drug-likeness (QED) is 0.712. The van der Waals surface area contributed by atoms with E-state index in [2.05, 4.69) is 4.98 Å². The highest BCUT2D eigenvalue weighted by Crippen LogP contribution is 1.97. The Morgan fingerprint density at radius 1 is 1.57 bits per heavy atom. The summed E-state index contributed by atoms with van der Waals surface area (Å²) in [7, 11) is 1.94. The molecule has 4 nitrogen and oxygen atoms in total. The van der Waals surface area contributed by atoms with Crippen LogP contribution in [0.1, 0.15) is 12.1 Å². The third-order valence-corrected chi connectivity index (χ3v) is 2.13. The Balaban J connectivity index is 2.15. The fourth-order valence-electron chi connectivity index (χ4n) is 1.23. The molecule has 1 aromatic heterocycles. The number of nitrogens with zero attached hydrogens (tertiary/aromatic N) is 1. The molecule has 78 valence electrons. The Hall–Kier alpha value is -1.29. The highest BCUT2D eigenvalue weighted by molar-refractivity contribution is 5.66. The fraction of sp³-hybridized carbons (Fsp3) is 0.500. The summed E-state index contributed by atoms with van der Waals surface area (Å²) in [5, 5.41) is 8.48. The number of aliphatic carboxylic acids is 1. The van der Waals surface area contributed by atoms with Gasteiger partial charge in [-0.05, 0) is 19.2 Å². The largest absolute Gasteiger partial charge is 0.481 e. The Labute approximate surface area is 83.5 Å². The summed E-state index contributed by atoms with van der Waals surface area (Å²) in [5.74, 6) is -0.739. The Kier molecular flexibility index (Phi) is 4.19. The van der Waals surface area contributed by atoms with E-state index in [0.29, 0.717) is 6.54 Å². The van der Waals surface area contributed by atoms with Crippen molar-refractivity contribution in [3.63, 3.8) is 0 Å². The minimum Gasteiger partial charge on any atom is -0.481 e. The van der Waals surface area contributed by atoms with Crippen LogP contribution in [0.25, 0.3) is 0 Å². The lowest BCUT2D eigenvalue weighted by atomic mass is 10.3.